The van der Waals surface area contributed by atoms with Crippen LogP contribution in [0.25, 0.3) is 54.3 Å². The number of aliphatic imine (C=N–C) groups is 1. The van der Waals surface area contributed by atoms with Gasteiger partial charge in [-0.2, -0.15) is 0 Å². The molecule has 0 atom stereocenters. The Bertz CT molecular complexity index is 5430. The summed E-state index contributed by atoms with van der Waals surface area (Å²) in [6.07, 6.45) is 0. The first kappa shape index (κ1) is 68.1. The SMILES string of the molecule is CC(C)c1cccc(C(C)C)c1N1C(=O)c2cc(Oc3ccccc3)c3c4c(Oc5ccccc5)cc5c6c(cc(Oc7ccccc7)c(c7c(Oc8ccccc8)cc(c2c37)C1=O)c64)C(=O)N(c1c(C(C)C)cccc1C(C)C)C5=O.O=C1N=C(c2ccc(Cl)cc2)c2c(O)[nH]c(-c3ccc(Cl)cc3)c21. The highest BCUT2D eigenvalue weighted by molar-refractivity contribution is 6.48. The van der Waals surface area contributed by atoms with Crippen molar-refractivity contribution in [2.24, 2.45) is 4.99 Å². The maximum absolute atomic E-state index is 16.1. The molecule has 106 heavy (non-hydrogen) atoms. The number of carbonyl (C=O) groups excluding carboxylic acids is 5. The second-order valence-corrected chi connectivity index (χ2v) is 28.7. The molecule has 1 aromatic heterocycles. The molecule has 0 bridgehead atoms. The zero-order valence-electron chi connectivity index (χ0n) is 59.0. The lowest BCUT2D eigenvalue weighted by Gasteiger charge is -2.35. The van der Waals surface area contributed by atoms with E-state index in [1.165, 1.54) is 9.80 Å². The van der Waals surface area contributed by atoms with E-state index < -0.39 is 29.5 Å². The van der Waals surface area contributed by atoms with Gasteiger partial charge < -0.3 is 29.0 Å². The monoisotopic (exact) mass is 1430 g/mol. The summed E-state index contributed by atoms with van der Waals surface area (Å²) in [4.78, 5) is 86.5. The summed E-state index contributed by atoms with van der Waals surface area (Å²) < 4.78 is 28.6. The van der Waals surface area contributed by atoms with Gasteiger partial charge in [0.05, 0.1) is 56.2 Å². The van der Waals surface area contributed by atoms with E-state index in [2.05, 4.69) is 65.4 Å². The topological polar surface area (TPSA) is 177 Å². The van der Waals surface area contributed by atoms with Gasteiger partial charge >= 0.3 is 0 Å². The number of hydrogen-bond acceptors (Lipinski definition) is 10. The van der Waals surface area contributed by atoms with Gasteiger partial charge in [-0.05, 0) is 149 Å². The van der Waals surface area contributed by atoms with Crippen LogP contribution in [0.4, 0.5) is 11.4 Å². The summed E-state index contributed by atoms with van der Waals surface area (Å²) in [6, 6.07) is 69.9. The van der Waals surface area contributed by atoms with E-state index in [9.17, 15) is 9.90 Å². The van der Waals surface area contributed by atoms with Crippen LogP contribution in [0.5, 0.6) is 51.9 Å². The van der Waals surface area contributed by atoms with Crippen LogP contribution in [-0.4, -0.2) is 45.3 Å². The largest absolute Gasteiger partial charge is 0.494 e. The minimum atomic E-state index is -0.532. The van der Waals surface area contributed by atoms with Crippen molar-refractivity contribution in [1.29, 1.82) is 0 Å². The summed E-state index contributed by atoms with van der Waals surface area (Å²) in [5.74, 6) is 0.0111. The van der Waals surface area contributed by atoms with Gasteiger partial charge in [-0.3, -0.25) is 24.0 Å². The van der Waals surface area contributed by atoms with E-state index in [1.54, 1.807) is 72.8 Å². The first-order valence-corrected chi connectivity index (χ1v) is 35.9. The smallest absolute Gasteiger partial charge is 0.280 e. The van der Waals surface area contributed by atoms with Crippen LogP contribution in [-0.2, 0) is 0 Å². The van der Waals surface area contributed by atoms with Crippen molar-refractivity contribution in [3.8, 4) is 63.1 Å². The fourth-order valence-corrected chi connectivity index (χ4v) is 15.3. The highest BCUT2D eigenvalue weighted by Gasteiger charge is 2.45. The number of rotatable bonds is 16. The molecule has 14 nitrogen and oxygen atoms in total. The van der Waals surface area contributed by atoms with Crippen LogP contribution >= 0.6 is 23.2 Å². The molecule has 17 rings (SSSR count). The number of ether oxygens (including phenoxy) is 4. The molecule has 0 saturated carbocycles. The summed E-state index contributed by atoms with van der Waals surface area (Å²) in [7, 11) is 0. The number of nitrogens with one attached hydrogen (secondary N) is 1. The van der Waals surface area contributed by atoms with Crippen molar-refractivity contribution < 1.29 is 48.0 Å². The molecule has 14 aromatic rings. The van der Waals surface area contributed by atoms with Gasteiger partial charge in [0.1, 0.15) is 46.0 Å². The summed E-state index contributed by atoms with van der Waals surface area (Å²) in [6.45, 7) is 16.5. The van der Waals surface area contributed by atoms with Crippen LogP contribution in [0.3, 0.4) is 0 Å². The average molecular weight is 1440 g/mol. The third-order valence-corrected chi connectivity index (χ3v) is 20.3. The molecule has 0 saturated heterocycles. The molecule has 4 heterocycles. The van der Waals surface area contributed by atoms with Gasteiger partial charge in [0.15, 0.2) is 5.88 Å². The van der Waals surface area contributed by atoms with Gasteiger partial charge in [0, 0.05) is 58.7 Å². The molecule has 0 aliphatic carbocycles. The summed E-state index contributed by atoms with van der Waals surface area (Å²) in [5.41, 5.74) is 8.52. The first-order valence-electron chi connectivity index (χ1n) is 35.2. The number of anilines is 2. The van der Waals surface area contributed by atoms with Crippen molar-refractivity contribution in [2.45, 2.75) is 79.1 Å². The maximum Gasteiger partial charge on any atom is 0.280 e. The van der Waals surface area contributed by atoms with Gasteiger partial charge in [0.25, 0.3) is 29.5 Å². The number of halogens is 2. The van der Waals surface area contributed by atoms with Gasteiger partial charge in [0.2, 0.25) is 0 Å². The predicted octanol–water partition coefficient (Wildman–Crippen LogP) is 23.7. The highest BCUT2D eigenvalue weighted by Crippen LogP contribution is 2.59. The fraction of sp³-hybridized carbons (Fsp3) is 0.133. The molecule has 3 aliphatic heterocycles. The predicted molar refractivity (Wildman–Crippen MR) is 420 cm³/mol. The Labute approximate surface area is 620 Å². The Morgan fingerprint density at radius 1 is 0.349 bits per heavy atom. The number of aromatic hydroxyl groups is 1. The third-order valence-electron chi connectivity index (χ3n) is 19.8. The van der Waals surface area contributed by atoms with Crippen molar-refractivity contribution in [1.82, 2.24) is 4.98 Å². The van der Waals surface area contributed by atoms with Crippen LogP contribution in [0.1, 0.15) is 164 Å². The van der Waals surface area contributed by atoms with Gasteiger partial charge in [-0.15, -0.1) is 0 Å². The zero-order valence-corrected chi connectivity index (χ0v) is 60.5. The Morgan fingerprint density at radius 2 is 0.642 bits per heavy atom. The molecule has 0 spiro atoms. The van der Waals surface area contributed by atoms with E-state index in [-0.39, 0.29) is 74.8 Å². The maximum atomic E-state index is 16.1. The highest BCUT2D eigenvalue weighted by atomic mass is 35.5. The molecule has 16 heteroatoms. The number of H-pyrrole nitrogens is 1. The minimum absolute atomic E-state index is 0.0576. The van der Waals surface area contributed by atoms with Gasteiger partial charge in [-0.25, -0.2) is 14.8 Å². The Balaban J connectivity index is 0.000000302. The summed E-state index contributed by atoms with van der Waals surface area (Å²) >= 11 is 11.8. The van der Waals surface area contributed by atoms with Crippen LogP contribution in [0.2, 0.25) is 10.0 Å². The van der Waals surface area contributed by atoms with Crippen molar-refractivity contribution >= 4 is 113 Å². The van der Waals surface area contributed by atoms with Crippen molar-refractivity contribution in [3.63, 3.8) is 0 Å². The second-order valence-electron chi connectivity index (χ2n) is 27.8. The fourth-order valence-electron chi connectivity index (χ4n) is 15.0. The van der Waals surface area contributed by atoms with E-state index >= 15 is 19.2 Å². The van der Waals surface area contributed by atoms with E-state index in [0.29, 0.717) is 116 Å². The van der Waals surface area contributed by atoms with Crippen molar-refractivity contribution in [2.75, 3.05) is 9.80 Å². The van der Waals surface area contributed by atoms with Crippen LogP contribution in [0, 0.1) is 0 Å². The van der Waals surface area contributed by atoms with E-state index in [4.69, 9.17) is 42.1 Å². The molecular formula is C90H68Cl2N4O10. The molecule has 5 amide bonds. The molecule has 522 valence electrons. The number of nitrogens with zero attached hydrogens (tertiary/aromatic N) is 3. The van der Waals surface area contributed by atoms with Crippen LogP contribution < -0.4 is 28.7 Å². The lowest BCUT2D eigenvalue weighted by Crippen LogP contribution is -2.42. The molecule has 2 N–H and O–H groups in total. The van der Waals surface area contributed by atoms with Crippen LogP contribution in [0.15, 0.2) is 236 Å². The Morgan fingerprint density at radius 3 is 0.934 bits per heavy atom. The molecule has 0 unspecified atom stereocenters. The van der Waals surface area contributed by atoms with E-state index in [1.807, 2.05) is 158 Å². The Hall–Kier alpha value is -12.4. The van der Waals surface area contributed by atoms with Crippen molar-refractivity contribution in [3.05, 3.63) is 302 Å². The first-order chi connectivity index (χ1) is 51.2. The Kier molecular flexibility index (Phi) is 17.4. The molecular weight excluding hydrogens is 1370 g/mol. The number of imide groups is 2. The molecule has 3 aliphatic rings. The summed E-state index contributed by atoms with van der Waals surface area (Å²) in [5, 5.41) is 14.9. The number of hydrogen-bond donors (Lipinski definition) is 2. The van der Waals surface area contributed by atoms with Gasteiger partial charge in [-0.1, -0.05) is 212 Å². The quantitative estimate of drug-likeness (QED) is 0.0538. The number of fused-ring (bicyclic) bond motifs is 3. The average Bonchev–Trinajstić information content (AvgIpc) is 0.897. The molecule has 0 fully saturated rings. The second kappa shape index (κ2) is 27.0. The lowest BCUT2D eigenvalue weighted by atomic mass is 9.80. The van der Waals surface area contributed by atoms with E-state index in [0.717, 1.165) is 27.8 Å². The molecule has 13 aromatic carbocycles. The minimum Gasteiger partial charge on any atom is -0.494 e. The number of aromatic amines is 1. The number of para-hydroxylation sites is 6. The third kappa shape index (κ3) is 11.5. The number of amides is 5. The number of aromatic nitrogens is 1. The normalized spacial score (nSPS) is 13.3. The number of carbonyl (C=O) groups is 5. The standard InChI is InChI=1S/C72H58N2O8.C18H10Cl2N2O2/c1-39(2)47-31-21-32-48(40(3)4)67(47)73-69(75)51-35-55(79-43-23-13-9-14-24-43)61-63-57(81-45-27-17-11-18-28-45)37-53-60-54(72(78)74(71(53)77)68-49(41(5)6)33-22-34-50(68)42(7)8)38-58(82-46-29-19-12-20-30-46)64(66(60)63)62-56(80-44-25-15-10-16-26-44)36-52(70(73)76)59(51)65(61)62;19-11-5-1-9(2-6-11)15-13-14(18(24)21-15)16(22-17(13)23)10-3-7-12(20)8-4-10/h9-42H,1-8H3;1-8,21,24H. The zero-order chi connectivity index (χ0) is 73.7. The lowest BCUT2D eigenvalue weighted by molar-refractivity contribution is 0.0877. The molecule has 0 radical (unpaired) electrons. The number of benzene rings is 13.